The van der Waals surface area contributed by atoms with Gasteiger partial charge < -0.3 is 10.3 Å². The van der Waals surface area contributed by atoms with E-state index >= 15 is 0 Å². The van der Waals surface area contributed by atoms with Crippen LogP contribution in [0, 0.1) is 5.82 Å². The summed E-state index contributed by atoms with van der Waals surface area (Å²) in [5, 5.41) is 1.16. The van der Waals surface area contributed by atoms with E-state index in [1.54, 1.807) is 6.08 Å². The van der Waals surface area contributed by atoms with Gasteiger partial charge in [-0.1, -0.05) is 61.2 Å². The topological polar surface area (TPSA) is 30.9 Å². The fourth-order valence-electron chi connectivity index (χ4n) is 3.38. The fourth-order valence-corrected chi connectivity index (χ4v) is 3.38. The van der Waals surface area contributed by atoms with Gasteiger partial charge in [0.1, 0.15) is 5.82 Å². The Hall–Kier alpha value is -3.33. The van der Waals surface area contributed by atoms with Crippen LogP contribution >= 0.6 is 0 Å². The lowest BCUT2D eigenvalue weighted by Gasteiger charge is -2.13. The Labute approximate surface area is 165 Å². The minimum Gasteiger partial charge on any atom is -0.399 e. The van der Waals surface area contributed by atoms with E-state index < -0.39 is 0 Å². The van der Waals surface area contributed by atoms with E-state index in [0.717, 1.165) is 22.2 Å². The van der Waals surface area contributed by atoms with E-state index in [2.05, 4.69) is 43.2 Å². The lowest BCUT2D eigenvalue weighted by Crippen LogP contribution is -2.02. The molecule has 142 valence electrons. The average molecular weight is 372 g/mol. The molecule has 0 saturated heterocycles. The van der Waals surface area contributed by atoms with Crippen molar-refractivity contribution < 1.29 is 4.39 Å². The third kappa shape index (κ3) is 4.15. The first-order valence-corrected chi connectivity index (χ1v) is 9.33. The van der Waals surface area contributed by atoms with Gasteiger partial charge in [-0.3, -0.25) is 0 Å². The number of para-hydroxylation sites is 1. The Morgan fingerprint density at radius 2 is 1.68 bits per heavy atom. The maximum absolute atomic E-state index is 13.5. The molecule has 0 fully saturated rings. The zero-order chi connectivity index (χ0) is 20.1. The van der Waals surface area contributed by atoms with Crippen LogP contribution in [0.15, 0.2) is 91.2 Å². The number of rotatable bonds is 6. The lowest BCUT2D eigenvalue weighted by molar-refractivity contribution is 0.618. The molecule has 3 heteroatoms. The van der Waals surface area contributed by atoms with E-state index in [4.69, 9.17) is 5.73 Å². The SMILES string of the molecule is C=C(N)/C=C/C=C/C=C/c1c(-c2ccc(F)cc2)c2ccccc2n1C(C)C. The van der Waals surface area contributed by atoms with Crippen molar-refractivity contribution in [1.29, 1.82) is 0 Å². The Bertz CT molecular complexity index is 1060. The Balaban J connectivity index is 2.16. The first-order chi connectivity index (χ1) is 13.5. The molecule has 1 heterocycles. The summed E-state index contributed by atoms with van der Waals surface area (Å²) in [6.45, 7) is 7.98. The number of halogens is 1. The first kappa shape index (κ1) is 19.4. The summed E-state index contributed by atoms with van der Waals surface area (Å²) in [7, 11) is 0. The number of allylic oxidation sites excluding steroid dienone is 5. The van der Waals surface area contributed by atoms with Crippen LogP contribution in [0.2, 0.25) is 0 Å². The number of hydrogen-bond donors (Lipinski definition) is 1. The smallest absolute Gasteiger partial charge is 0.123 e. The van der Waals surface area contributed by atoms with Gasteiger partial charge in [-0.15, -0.1) is 0 Å². The minimum absolute atomic E-state index is 0.232. The van der Waals surface area contributed by atoms with Crippen LogP contribution in [0.4, 0.5) is 4.39 Å². The number of benzene rings is 2. The molecule has 2 nitrogen and oxygen atoms in total. The van der Waals surface area contributed by atoms with Crippen LogP contribution in [0.5, 0.6) is 0 Å². The Kier molecular flexibility index (Phi) is 5.95. The standard InChI is InChI=1S/C25H25FN2/c1-18(2)28-23-12-9-8-11-22(23)25(20-14-16-21(26)17-15-20)24(28)13-7-5-4-6-10-19(3)27/h4-18H,3,27H2,1-2H3/b5-4+,10-6+,13-7+. The molecular weight excluding hydrogens is 347 g/mol. The third-order valence-corrected chi connectivity index (χ3v) is 4.50. The Morgan fingerprint density at radius 1 is 1.00 bits per heavy atom. The highest BCUT2D eigenvalue weighted by atomic mass is 19.1. The molecule has 0 radical (unpaired) electrons. The second-order valence-electron chi connectivity index (χ2n) is 6.93. The zero-order valence-corrected chi connectivity index (χ0v) is 16.3. The first-order valence-electron chi connectivity index (χ1n) is 9.33. The summed E-state index contributed by atoms with van der Waals surface area (Å²) in [6.07, 6.45) is 11.6. The quantitative estimate of drug-likeness (QED) is 0.484. The highest BCUT2D eigenvalue weighted by molar-refractivity contribution is 6.01. The number of hydrogen-bond acceptors (Lipinski definition) is 1. The summed E-state index contributed by atoms with van der Waals surface area (Å²) >= 11 is 0. The van der Waals surface area contributed by atoms with Gasteiger partial charge in [0.05, 0.1) is 0 Å². The largest absolute Gasteiger partial charge is 0.399 e. The normalized spacial score (nSPS) is 12.3. The van der Waals surface area contributed by atoms with E-state index in [9.17, 15) is 4.39 Å². The van der Waals surface area contributed by atoms with Crippen molar-refractivity contribution in [2.24, 2.45) is 5.73 Å². The van der Waals surface area contributed by atoms with E-state index in [0.29, 0.717) is 5.70 Å². The predicted molar refractivity (Wildman–Crippen MR) is 118 cm³/mol. The summed E-state index contributed by atoms with van der Waals surface area (Å²) in [5.41, 5.74) is 10.4. The lowest BCUT2D eigenvalue weighted by atomic mass is 10.0. The maximum Gasteiger partial charge on any atom is 0.123 e. The number of aromatic nitrogens is 1. The molecule has 3 rings (SSSR count). The molecule has 2 aromatic carbocycles. The summed E-state index contributed by atoms with van der Waals surface area (Å²) in [6, 6.07) is 15.3. The minimum atomic E-state index is -0.232. The predicted octanol–water partition coefficient (Wildman–Crippen LogP) is 6.63. The van der Waals surface area contributed by atoms with Gasteiger partial charge in [0, 0.05) is 33.9 Å². The fraction of sp³-hybridized carbons (Fsp3) is 0.120. The number of fused-ring (bicyclic) bond motifs is 1. The van der Waals surface area contributed by atoms with Crippen LogP contribution in [0.3, 0.4) is 0 Å². The van der Waals surface area contributed by atoms with E-state index in [-0.39, 0.29) is 11.9 Å². The molecule has 0 aliphatic carbocycles. The van der Waals surface area contributed by atoms with Crippen molar-refractivity contribution >= 4 is 17.0 Å². The Morgan fingerprint density at radius 3 is 2.36 bits per heavy atom. The van der Waals surface area contributed by atoms with Crippen molar-refractivity contribution in [2.75, 3.05) is 0 Å². The molecule has 0 aliphatic rings. The second kappa shape index (κ2) is 8.57. The van der Waals surface area contributed by atoms with Crippen LogP contribution in [0.1, 0.15) is 25.6 Å². The van der Waals surface area contributed by atoms with Gasteiger partial charge in [-0.2, -0.15) is 0 Å². The van der Waals surface area contributed by atoms with Gasteiger partial charge in [0.15, 0.2) is 0 Å². The molecule has 0 unspecified atom stereocenters. The zero-order valence-electron chi connectivity index (χ0n) is 16.3. The average Bonchev–Trinajstić information content (AvgIpc) is 2.99. The molecule has 0 amide bonds. The van der Waals surface area contributed by atoms with Gasteiger partial charge in [-0.25, -0.2) is 4.39 Å². The van der Waals surface area contributed by atoms with Gasteiger partial charge in [0.2, 0.25) is 0 Å². The van der Waals surface area contributed by atoms with Crippen molar-refractivity contribution in [3.05, 3.63) is 103 Å². The molecule has 0 bridgehead atoms. The third-order valence-electron chi connectivity index (χ3n) is 4.50. The molecule has 3 aromatic rings. The number of nitrogens with two attached hydrogens (primary N) is 1. The van der Waals surface area contributed by atoms with Crippen LogP contribution in [0.25, 0.3) is 28.1 Å². The van der Waals surface area contributed by atoms with Crippen molar-refractivity contribution in [3.8, 4) is 11.1 Å². The molecule has 0 spiro atoms. The monoisotopic (exact) mass is 372 g/mol. The van der Waals surface area contributed by atoms with Crippen molar-refractivity contribution in [2.45, 2.75) is 19.9 Å². The van der Waals surface area contributed by atoms with Gasteiger partial charge in [-0.05, 0) is 49.8 Å². The molecular formula is C25H25FN2. The molecule has 28 heavy (non-hydrogen) atoms. The maximum atomic E-state index is 13.5. The summed E-state index contributed by atoms with van der Waals surface area (Å²) < 4.78 is 15.8. The van der Waals surface area contributed by atoms with Crippen molar-refractivity contribution in [3.63, 3.8) is 0 Å². The van der Waals surface area contributed by atoms with E-state index in [1.165, 1.54) is 17.6 Å². The van der Waals surface area contributed by atoms with Gasteiger partial charge in [0.25, 0.3) is 0 Å². The molecule has 1 aromatic heterocycles. The van der Waals surface area contributed by atoms with Crippen LogP contribution in [-0.2, 0) is 0 Å². The summed E-state index contributed by atoms with van der Waals surface area (Å²) in [4.78, 5) is 0. The molecule has 0 saturated carbocycles. The second-order valence-corrected chi connectivity index (χ2v) is 6.93. The van der Waals surface area contributed by atoms with Crippen molar-refractivity contribution in [1.82, 2.24) is 4.57 Å². The number of nitrogens with zero attached hydrogens (tertiary/aromatic N) is 1. The highest BCUT2D eigenvalue weighted by Gasteiger charge is 2.18. The molecule has 0 atom stereocenters. The highest BCUT2D eigenvalue weighted by Crippen LogP contribution is 2.37. The van der Waals surface area contributed by atoms with Gasteiger partial charge >= 0.3 is 0 Å². The van der Waals surface area contributed by atoms with Crippen LogP contribution in [-0.4, -0.2) is 4.57 Å². The molecule has 2 N–H and O–H groups in total. The molecule has 0 aliphatic heterocycles. The van der Waals surface area contributed by atoms with Crippen LogP contribution < -0.4 is 5.73 Å². The van der Waals surface area contributed by atoms with E-state index in [1.807, 2.05) is 48.6 Å². The summed E-state index contributed by atoms with van der Waals surface area (Å²) in [5.74, 6) is -0.232.